The fraction of sp³-hybridized carbons (Fsp3) is 0.500. The molecule has 146 valence electrons. The molecule has 0 bridgehead atoms. The number of carbonyl (C=O) groups is 4. The predicted octanol–water partition coefficient (Wildman–Crippen LogP) is 2.42. The second kappa shape index (κ2) is 8.79. The van der Waals surface area contributed by atoms with Gasteiger partial charge < -0.3 is 10.2 Å². The van der Waals surface area contributed by atoms with Gasteiger partial charge in [-0.25, -0.2) is 0 Å². The van der Waals surface area contributed by atoms with Crippen LogP contribution in [0.25, 0.3) is 0 Å². The minimum Gasteiger partial charge on any atom is -0.324 e. The number of rotatable bonds is 7. The number of carbonyl (C=O) groups excluding carboxylic acids is 4. The van der Waals surface area contributed by atoms with Crippen LogP contribution in [0.1, 0.15) is 40.0 Å². The summed E-state index contributed by atoms with van der Waals surface area (Å²) in [6.45, 7) is 5.57. The molecule has 7 nitrogen and oxygen atoms in total. The number of likely N-dealkylation sites (tertiary alicyclic amines) is 1. The molecule has 1 aromatic carbocycles. The van der Waals surface area contributed by atoms with E-state index in [1.165, 1.54) is 16.7 Å². The Morgan fingerprint density at radius 3 is 2.52 bits per heavy atom. The maximum Gasteiger partial charge on any atom is 0.233 e. The van der Waals surface area contributed by atoms with Crippen molar-refractivity contribution in [3.8, 4) is 0 Å². The fourth-order valence-electron chi connectivity index (χ4n) is 3.12. The molecule has 1 aliphatic heterocycles. The Morgan fingerprint density at radius 1 is 1.26 bits per heavy atom. The molecular formula is C20H27N3O4. The minimum absolute atomic E-state index is 0.129. The molecular weight excluding hydrogens is 346 g/mol. The second-order valence-corrected chi connectivity index (χ2v) is 7.19. The van der Waals surface area contributed by atoms with Crippen LogP contribution in [0.3, 0.4) is 0 Å². The maximum atomic E-state index is 12.3. The lowest BCUT2D eigenvalue weighted by molar-refractivity contribution is -0.140. The Morgan fingerprint density at radius 2 is 1.93 bits per heavy atom. The third-order valence-corrected chi connectivity index (χ3v) is 4.88. The van der Waals surface area contributed by atoms with Crippen LogP contribution >= 0.6 is 0 Å². The fourth-order valence-corrected chi connectivity index (χ4v) is 3.12. The molecule has 0 spiro atoms. The van der Waals surface area contributed by atoms with Crippen LogP contribution in [0, 0.1) is 11.8 Å². The number of anilines is 2. The van der Waals surface area contributed by atoms with E-state index in [4.69, 9.17) is 0 Å². The van der Waals surface area contributed by atoms with E-state index in [1.807, 2.05) is 13.8 Å². The Bertz CT molecular complexity index is 744. The average Bonchev–Trinajstić information content (AvgIpc) is 2.90. The molecule has 1 saturated heterocycles. The van der Waals surface area contributed by atoms with E-state index in [9.17, 15) is 19.2 Å². The molecule has 0 saturated carbocycles. The smallest absolute Gasteiger partial charge is 0.233 e. The predicted molar refractivity (Wildman–Crippen MR) is 103 cm³/mol. The lowest BCUT2D eigenvalue weighted by Crippen LogP contribution is -2.33. The summed E-state index contributed by atoms with van der Waals surface area (Å²) in [7, 11) is 1.64. The normalized spacial score (nSPS) is 16.8. The number of nitrogens with zero attached hydrogens (tertiary/aromatic N) is 2. The first kappa shape index (κ1) is 20.6. The third-order valence-electron chi connectivity index (χ3n) is 4.88. The summed E-state index contributed by atoms with van der Waals surface area (Å²) < 4.78 is 0. The van der Waals surface area contributed by atoms with Gasteiger partial charge in [-0.1, -0.05) is 26.0 Å². The van der Waals surface area contributed by atoms with Gasteiger partial charge in [0.05, 0.1) is 11.4 Å². The standard InChI is InChI=1S/C20H27N3O4/c1-13(2)15-12-19(26)23(20(15)27)11-7-10-18(25)21-16-8-5-6-9-17(16)22(4)14(3)24/h5-6,8-9,13,15H,7,10-12H2,1-4H3,(H,21,25). The van der Waals surface area contributed by atoms with E-state index in [1.54, 1.807) is 31.3 Å². The van der Waals surface area contributed by atoms with Crippen molar-refractivity contribution in [3.63, 3.8) is 0 Å². The molecule has 1 fully saturated rings. The van der Waals surface area contributed by atoms with E-state index >= 15 is 0 Å². The molecule has 0 aliphatic carbocycles. The van der Waals surface area contributed by atoms with Crippen molar-refractivity contribution in [3.05, 3.63) is 24.3 Å². The van der Waals surface area contributed by atoms with Gasteiger partial charge in [-0.15, -0.1) is 0 Å². The van der Waals surface area contributed by atoms with Crippen molar-refractivity contribution in [1.29, 1.82) is 0 Å². The Labute approximate surface area is 159 Å². The largest absolute Gasteiger partial charge is 0.324 e. The molecule has 4 amide bonds. The number of para-hydroxylation sites is 2. The minimum atomic E-state index is -0.250. The zero-order chi connectivity index (χ0) is 20.1. The Balaban J connectivity index is 1.90. The van der Waals surface area contributed by atoms with Gasteiger partial charge in [-0.3, -0.25) is 24.1 Å². The molecule has 2 rings (SSSR count). The van der Waals surface area contributed by atoms with Crippen LogP contribution in [0.4, 0.5) is 11.4 Å². The molecule has 1 aromatic rings. The molecule has 0 aromatic heterocycles. The molecule has 1 aliphatic rings. The Hall–Kier alpha value is -2.70. The molecule has 1 heterocycles. The van der Waals surface area contributed by atoms with Crippen molar-refractivity contribution in [1.82, 2.24) is 4.90 Å². The second-order valence-electron chi connectivity index (χ2n) is 7.19. The number of amides is 4. The number of benzene rings is 1. The van der Waals surface area contributed by atoms with Crippen LogP contribution in [-0.2, 0) is 19.2 Å². The zero-order valence-corrected chi connectivity index (χ0v) is 16.3. The summed E-state index contributed by atoms with van der Waals surface area (Å²) in [5.74, 6) is -0.775. The zero-order valence-electron chi connectivity index (χ0n) is 16.3. The van der Waals surface area contributed by atoms with E-state index < -0.39 is 0 Å². The van der Waals surface area contributed by atoms with Gasteiger partial charge in [0, 0.05) is 39.3 Å². The summed E-state index contributed by atoms with van der Waals surface area (Å²) in [4.78, 5) is 50.9. The first-order chi connectivity index (χ1) is 12.7. The van der Waals surface area contributed by atoms with Crippen molar-refractivity contribution in [2.75, 3.05) is 23.8 Å². The van der Waals surface area contributed by atoms with Crippen LogP contribution in [0.15, 0.2) is 24.3 Å². The molecule has 7 heteroatoms. The van der Waals surface area contributed by atoms with Crippen LogP contribution in [-0.4, -0.2) is 42.1 Å². The highest BCUT2D eigenvalue weighted by Gasteiger charge is 2.39. The summed E-state index contributed by atoms with van der Waals surface area (Å²) in [6.07, 6.45) is 0.841. The number of imide groups is 1. The van der Waals surface area contributed by atoms with E-state index in [0.717, 1.165) is 0 Å². The molecule has 1 atom stereocenters. The van der Waals surface area contributed by atoms with Gasteiger partial charge in [0.15, 0.2) is 0 Å². The van der Waals surface area contributed by atoms with Crippen molar-refractivity contribution in [2.24, 2.45) is 11.8 Å². The van der Waals surface area contributed by atoms with Gasteiger partial charge in [0.25, 0.3) is 0 Å². The number of hydrogen-bond acceptors (Lipinski definition) is 4. The van der Waals surface area contributed by atoms with Crippen molar-refractivity contribution >= 4 is 35.0 Å². The first-order valence-electron chi connectivity index (χ1n) is 9.19. The summed E-state index contributed by atoms with van der Waals surface area (Å²) in [5, 5.41) is 2.80. The van der Waals surface area contributed by atoms with Crippen LogP contribution in [0.2, 0.25) is 0 Å². The summed E-state index contributed by atoms with van der Waals surface area (Å²) >= 11 is 0. The average molecular weight is 373 g/mol. The monoisotopic (exact) mass is 373 g/mol. The number of nitrogens with one attached hydrogen (secondary N) is 1. The van der Waals surface area contributed by atoms with Gasteiger partial charge in [-0.05, 0) is 24.5 Å². The quantitative estimate of drug-likeness (QED) is 0.744. The molecule has 1 unspecified atom stereocenters. The number of hydrogen-bond donors (Lipinski definition) is 1. The Kier molecular flexibility index (Phi) is 6.71. The van der Waals surface area contributed by atoms with Gasteiger partial charge in [-0.2, -0.15) is 0 Å². The molecule has 1 N–H and O–H groups in total. The van der Waals surface area contributed by atoms with Crippen LogP contribution < -0.4 is 10.2 Å². The van der Waals surface area contributed by atoms with Gasteiger partial charge in [0.2, 0.25) is 23.6 Å². The highest BCUT2D eigenvalue weighted by atomic mass is 16.2. The molecule has 27 heavy (non-hydrogen) atoms. The lowest BCUT2D eigenvalue weighted by atomic mass is 9.94. The third kappa shape index (κ3) is 4.93. The van der Waals surface area contributed by atoms with E-state index in [0.29, 0.717) is 17.8 Å². The highest BCUT2D eigenvalue weighted by molar-refractivity contribution is 6.03. The van der Waals surface area contributed by atoms with Crippen LogP contribution in [0.5, 0.6) is 0 Å². The van der Waals surface area contributed by atoms with Crippen molar-refractivity contribution in [2.45, 2.75) is 40.0 Å². The van der Waals surface area contributed by atoms with E-state index in [2.05, 4.69) is 5.32 Å². The highest BCUT2D eigenvalue weighted by Crippen LogP contribution is 2.27. The first-order valence-corrected chi connectivity index (χ1v) is 9.19. The van der Waals surface area contributed by atoms with Gasteiger partial charge >= 0.3 is 0 Å². The SMILES string of the molecule is CC(=O)N(C)c1ccccc1NC(=O)CCCN1C(=O)CC(C(C)C)C1=O. The summed E-state index contributed by atoms with van der Waals surface area (Å²) in [5.41, 5.74) is 1.16. The van der Waals surface area contributed by atoms with Crippen molar-refractivity contribution < 1.29 is 19.2 Å². The van der Waals surface area contributed by atoms with E-state index in [-0.39, 0.29) is 54.9 Å². The maximum absolute atomic E-state index is 12.3. The summed E-state index contributed by atoms with van der Waals surface area (Å²) in [6, 6.07) is 7.05. The lowest BCUT2D eigenvalue weighted by Gasteiger charge is -2.19. The molecule has 0 radical (unpaired) electrons. The topological polar surface area (TPSA) is 86.8 Å². The van der Waals surface area contributed by atoms with Gasteiger partial charge in [0.1, 0.15) is 0 Å².